The highest BCUT2D eigenvalue weighted by Gasteiger charge is 2.24. The summed E-state index contributed by atoms with van der Waals surface area (Å²) >= 11 is 0. The SMILES string of the molecule is CC(C)CCC(C)NCCN1c2ccccc2CC1C. The second kappa shape index (κ2) is 7.12. The minimum Gasteiger partial charge on any atom is -0.367 e. The molecule has 0 amide bonds. The Morgan fingerprint density at radius 2 is 1.95 bits per heavy atom. The lowest BCUT2D eigenvalue weighted by molar-refractivity contribution is 0.451. The van der Waals surface area contributed by atoms with E-state index in [0.29, 0.717) is 12.1 Å². The van der Waals surface area contributed by atoms with Crippen LogP contribution in [0.25, 0.3) is 0 Å². The molecular weight excluding hydrogens is 244 g/mol. The van der Waals surface area contributed by atoms with E-state index in [4.69, 9.17) is 0 Å². The van der Waals surface area contributed by atoms with E-state index >= 15 is 0 Å². The first-order valence-corrected chi connectivity index (χ1v) is 8.16. The average Bonchev–Trinajstić information content (AvgIpc) is 2.73. The van der Waals surface area contributed by atoms with Crippen molar-refractivity contribution in [2.45, 2.75) is 59.0 Å². The van der Waals surface area contributed by atoms with Crippen LogP contribution in [0, 0.1) is 5.92 Å². The second-order valence-electron chi connectivity index (χ2n) is 6.70. The molecule has 2 heteroatoms. The molecule has 0 saturated carbocycles. The minimum atomic E-state index is 0.630. The number of fused-ring (bicyclic) bond motifs is 1. The normalized spacial score (nSPS) is 19.4. The standard InChI is InChI=1S/C18H30N2/c1-14(2)9-10-15(3)19-11-12-20-16(4)13-17-7-5-6-8-18(17)20/h5-8,14-16,19H,9-13H2,1-4H3. The quantitative estimate of drug-likeness (QED) is 0.812. The maximum atomic E-state index is 3.67. The van der Waals surface area contributed by atoms with Crippen LogP contribution >= 0.6 is 0 Å². The van der Waals surface area contributed by atoms with Gasteiger partial charge < -0.3 is 10.2 Å². The molecule has 0 spiro atoms. The van der Waals surface area contributed by atoms with E-state index in [1.165, 1.54) is 30.5 Å². The molecule has 2 atom stereocenters. The van der Waals surface area contributed by atoms with Gasteiger partial charge in [0.2, 0.25) is 0 Å². The van der Waals surface area contributed by atoms with Crippen LogP contribution in [0.4, 0.5) is 5.69 Å². The smallest absolute Gasteiger partial charge is 0.0402 e. The second-order valence-corrected chi connectivity index (χ2v) is 6.70. The van der Waals surface area contributed by atoms with Gasteiger partial charge in [0.25, 0.3) is 0 Å². The van der Waals surface area contributed by atoms with Gasteiger partial charge >= 0.3 is 0 Å². The van der Waals surface area contributed by atoms with Gasteiger partial charge in [-0.15, -0.1) is 0 Å². The van der Waals surface area contributed by atoms with Crippen molar-refractivity contribution in [2.24, 2.45) is 5.92 Å². The molecule has 1 aliphatic rings. The summed E-state index contributed by atoms with van der Waals surface area (Å²) in [6.45, 7) is 11.4. The Morgan fingerprint density at radius 3 is 2.70 bits per heavy atom. The Balaban J connectivity index is 1.77. The Kier molecular flexibility index (Phi) is 5.47. The molecule has 1 aromatic rings. The molecule has 112 valence electrons. The van der Waals surface area contributed by atoms with Crippen molar-refractivity contribution in [2.75, 3.05) is 18.0 Å². The first-order chi connectivity index (χ1) is 9.58. The van der Waals surface area contributed by atoms with Crippen molar-refractivity contribution in [3.63, 3.8) is 0 Å². The van der Waals surface area contributed by atoms with E-state index in [2.05, 4.69) is 62.2 Å². The van der Waals surface area contributed by atoms with Gasteiger partial charge in [0, 0.05) is 30.9 Å². The van der Waals surface area contributed by atoms with Gasteiger partial charge in [0.1, 0.15) is 0 Å². The summed E-state index contributed by atoms with van der Waals surface area (Å²) in [6, 6.07) is 10.1. The minimum absolute atomic E-state index is 0.630. The van der Waals surface area contributed by atoms with E-state index in [-0.39, 0.29) is 0 Å². The van der Waals surface area contributed by atoms with E-state index < -0.39 is 0 Å². The summed E-state index contributed by atoms with van der Waals surface area (Å²) in [5, 5.41) is 3.67. The molecule has 0 saturated heterocycles. The Labute approximate surface area is 124 Å². The molecule has 0 radical (unpaired) electrons. The van der Waals surface area contributed by atoms with Gasteiger partial charge in [0.15, 0.2) is 0 Å². The number of hydrogen-bond donors (Lipinski definition) is 1. The number of nitrogens with zero attached hydrogens (tertiary/aromatic N) is 1. The highest BCUT2D eigenvalue weighted by Crippen LogP contribution is 2.31. The van der Waals surface area contributed by atoms with Crippen molar-refractivity contribution < 1.29 is 0 Å². The Bertz CT molecular complexity index is 414. The van der Waals surface area contributed by atoms with Crippen LogP contribution in [0.3, 0.4) is 0 Å². The lowest BCUT2D eigenvalue weighted by Gasteiger charge is -2.26. The molecule has 2 rings (SSSR count). The monoisotopic (exact) mass is 274 g/mol. The van der Waals surface area contributed by atoms with Crippen LogP contribution in [0.15, 0.2) is 24.3 Å². The van der Waals surface area contributed by atoms with E-state index in [1.54, 1.807) is 0 Å². The zero-order valence-corrected chi connectivity index (χ0v) is 13.5. The fourth-order valence-corrected chi connectivity index (χ4v) is 3.09. The Morgan fingerprint density at radius 1 is 1.20 bits per heavy atom. The summed E-state index contributed by atoms with van der Waals surface area (Å²) < 4.78 is 0. The van der Waals surface area contributed by atoms with E-state index in [9.17, 15) is 0 Å². The maximum Gasteiger partial charge on any atom is 0.0402 e. The number of rotatable bonds is 7. The third-order valence-electron chi connectivity index (χ3n) is 4.37. The molecule has 0 aliphatic carbocycles. The highest BCUT2D eigenvalue weighted by molar-refractivity contribution is 5.59. The van der Waals surface area contributed by atoms with Crippen LogP contribution < -0.4 is 10.2 Å². The largest absolute Gasteiger partial charge is 0.367 e. The molecule has 1 N–H and O–H groups in total. The maximum absolute atomic E-state index is 3.67. The fourth-order valence-electron chi connectivity index (χ4n) is 3.09. The zero-order chi connectivity index (χ0) is 14.5. The molecule has 1 aromatic carbocycles. The molecule has 1 aliphatic heterocycles. The van der Waals surface area contributed by atoms with Crippen molar-refractivity contribution in [3.05, 3.63) is 29.8 Å². The highest BCUT2D eigenvalue weighted by atomic mass is 15.2. The van der Waals surface area contributed by atoms with Crippen molar-refractivity contribution in [1.82, 2.24) is 5.32 Å². The summed E-state index contributed by atoms with van der Waals surface area (Å²) in [6.07, 6.45) is 3.79. The molecule has 1 heterocycles. The van der Waals surface area contributed by atoms with Crippen molar-refractivity contribution >= 4 is 5.69 Å². The molecule has 20 heavy (non-hydrogen) atoms. The van der Waals surface area contributed by atoms with Gasteiger partial charge in [0.05, 0.1) is 0 Å². The lowest BCUT2D eigenvalue weighted by atomic mass is 10.0. The topological polar surface area (TPSA) is 15.3 Å². The fraction of sp³-hybridized carbons (Fsp3) is 0.667. The average molecular weight is 274 g/mol. The molecule has 0 aromatic heterocycles. The van der Waals surface area contributed by atoms with Crippen LogP contribution in [-0.4, -0.2) is 25.2 Å². The van der Waals surface area contributed by atoms with Crippen molar-refractivity contribution in [3.8, 4) is 0 Å². The van der Waals surface area contributed by atoms with Crippen LogP contribution in [0.5, 0.6) is 0 Å². The van der Waals surface area contributed by atoms with Crippen LogP contribution in [-0.2, 0) is 6.42 Å². The van der Waals surface area contributed by atoms with Gasteiger partial charge in [-0.2, -0.15) is 0 Å². The Hall–Kier alpha value is -1.02. The number of hydrogen-bond acceptors (Lipinski definition) is 2. The van der Waals surface area contributed by atoms with E-state index in [1.807, 2.05) is 0 Å². The predicted molar refractivity (Wildman–Crippen MR) is 88.5 cm³/mol. The molecule has 0 bridgehead atoms. The van der Waals surface area contributed by atoms with Crippen molar-refractivity contribution in [1.29, 1.82) is 0 Å². The third kappa shape index (κ3) is 3.99. The molecular formula is C18H30N2. The number of benzene rings is 1. The summed E-state index contributed by atoms with van der Waals surface area (Å²) in [5.41, 5.74) is 2.95. The molecule has 2 nitrogen and oxygen atoms in total. The first-order valence-electron chi connectivity index (χ1n) is 8.16. The summed E-state index contributed by atoms with van der Waals surface area (Å²) in [7, 11) is 0. The van der Waals surface area contributed by atoms with Gasteiger partial charge in [-0.3, -0.25) is 0 Å². The summed E-state index contributed by atoms with van der Waals surface area (Å²) in [4.78, 5) is 2.55. The van der Waals surface area contributed by atoms with Gasteiger partial charge in [-0.05, 0) is 50.7 Å². The van der Waals surface area contributed by atoms with Crippen LogP contribution in [0.1, 0.15) is 46.1 Å². The zero-order valence-electron chi connectivity index (χ0n) is 13.5. The van der Waals surface area contributed by atoms with Crippen LogP contribution in [0.2, 0.25) is 0 Å². The lowest BCUT2D eigenvalue weighted by Crippen LogP contribution is -2.38. The molecule has 0 fully saturated rings. The number of anilines is 1. The summed E-state index contributed by atoms with van der Waals surface area (Å²) in [5.74, 6) is 0.810. The third-order valence-corrected chi connectivity index (χ3v) is 4.37. The number of nitrogens with one attached hydrogen (secondary N) is 1. The molecule has 2 unspecified atom stereocenters. The van der Waals surface area contributed by atoms with Gasteiger partial charge in [-0.25, -0.2) is 0 Å². The first kappa shape index (κ1) is 15.4. The van der Waals surface area contributed by atoms with E-state index in [0.717, 1.165) is 19.0 Å². The predicted octanol–water partition coefficient (Wildman–Crippen LogP) is 3.85. The van der Waals surface area contributed by atoms with Gasteiger partial charge in [-0.1, -0.05) is 32.0 Å². The number of para-hydroxylation sites is 1.